The predicted octanol–water partition coefficient (Wildman–Crippen LogP) is 1.13. The van der Waals surface area contributed by atoms with Gasteiger partial charge < -0.3 is 10.3 Å². The maximum atomic E-state index is 11.9. The number of aromatic amines is 1. The first kappa shape index (κ1) is 11.4. The minimum absolute atomic E-state index is 0.0982. The van der Waals surface area contributed by atoms with Crippen molar-refractivity contribution < 1.29 is 0 Å². The van der Waals surface area contributed by atoms with E-state index in [1.165, 1.54) is 6.20 Å². The van der Waals surface area contributed by atoms with Gasteiger partial charge >= 0.3 is 0 Å². The van der Waals surface area contributed by atoms with E-state index >= 15 is 0 Å². The monoisotopic (exact) mass is 262 g/mol. The Morgan fingerprint density at radius 2 is 2.22 bits per heavy atom. The van der Waals surface area contributed by atoms with E-state index in [1.807, 2.05) is 0 Å². The number of halogens is 1. The number of nitrogens with zero attached hydrogens (tertiary/aromatic N) is 2. The average Bonchev–Trinajstić information content (AvgIpc) is 2.39. The van der Waals surface area contributed by atoms with E-state index in [4.69, 9.17) is 11.6 Å². The zero-order chi connectivity index (χ0) is 12.5. The van der Waals surface area contributed by atoms with Crippen LogP contribution < -0.4 is 10.9 Å². The SMILES string of the molecule is O=c1[nH]c(-c2ccc(Cl)cn2)nc2c1CNCC2. The van der Waals surface area contributed by atoms with E-state index in [0.29, 0.717) is 23.1 Å². The molecule has 0 aromatic carbocycles. The standard InChI is InChI=1S/C12H11ClN4O/c13-7-1-2-10(15-5-7)11-16-9-3-4-14-6-8(9)12(18)17-11/h1-2,5,14H,3-4,6H2,(H,16,17,18). The van der Waals surface area contributed by atoms with Gasteiger partial charge in [0.15, 0.2) is 5.82 Å². The van der Waals surface area contributed by atoms with E-state index in [-0.39, 0.29) is 5.56 Å². The topological polar surface area (TPSA) is 70.7 Å². The molecule has 3 heterocycles. The molecule has 1 aliphatic heterocycles. The molecule has 0 radical (unpaired) electrons. The molecule has 1 aliphatic rings. The fourth-order valence-corrected chi connectivity index (χ4v) is 2.10. The lowest BCUT2D eigenvalue weighted by Gasteiger charge is -2.15. The van der Waals surface area contributed by atoms with E-state index in [9.17, 15) is 4.79 Å². The Hall–Kier alpha value is -1.72. The molecule has 2 aromatic heterocycles. The molecule has 0 amide bonds. The van der Waals surface area contributed by atoms with Gasteiger partial charge in [0.25, 0.3) is 5.56 Å². The second kappa shape index (κ2) is 4.51. The van der Waals surface area contributed by atoms with Crippen LogP contribution in [0.3, 0.4) is 0 Å². The predicted molar refractivity (Wildman–Crippen MR) is 68.5 cm³/mol. The summed E-state index contributed by atoms with van der Waals surface area (Å²) in [4.78, 5) is 23.3. The smallest absolute Gasteiger partial charge is 0.255 e. The average molecular weight is 263 g/mol. The normalized spacial score (nSPS) is 14.3. The Balaban J connectivity index is 2.11. The second-order valence-corrected chi connectivity index (χ2v) is 4.56. The van der Waals surface area contributed by atoms with Crippen molar-refractivity contribution in [1.29, 1.82) is 0 Å². The largest absolute Gasteiger partial charge is 0.312 e. The molecular weight excluding hydrogens is 252 g/mol. The lowest BCUT2D eigenvalue weighted by molar-refractivity contribution is 0.621. The van der Waals surface area contributed by atoms with Gasteiger partial charge in [-0.15, -0.1) is 0 Å². The molecular formula is C12H11ClN4O. The number of rotatable bonds is 1. The summed E-state index contributed by atoms with van der Waals surface area (Å²) in [5.74, 6) is 0.498. The van der Waals surface area contributed by atoms with E-state index in [2.05, 4.69) is 20.3 Å². The van der Waals surface area contributed by atoms with E-state index in [1.54, 1.807) is 12.1 Å². The second-order valence-electron chi connectivity index (χ2n) is 4.13. The van der Waals surface area contributed by atoms with Gasteiger partial charge in [-0.1, -0.05) is 11.6 Å². The Kier molecular flexibility index (Phi) is 2.85. The van der Waals surface area contributed by atoms with Gasteiger partial charge in [-0.2, -0.15) is 0 Å². The van der Waals surface area contributed by atoms with Crippen molar-refractivity contribution in [3.8, 4) is 11.5 Å². The van der Waals surface area contributed by atoms with Crippen molar-refractivity contribution >= 4 is 11.6 Å². The van der Waals surface area contributed by atoms with Gasteiger partial charge in [0, 0.05) is 25.7 Å². The van der Waals surface area contributed by atoms with Crippen LogP contribution in [0.25, 0.3) is 11.5 Å². The molecule has 0 aliphatic carbocycles. The molecule has 18 heavy (non-hydrogen) atoms. The Bertz CT molecular complexity index is 636. The van der Waals surface area contributed by atoms with Crippen molar-refractivity contribution in [2.24, 2.45) is 0 Å². The molecule has 0 saturated heterocycles. The van der Waals surface area contributed by atoms with E-state index in [0.717, 1.165) is 24.2 Å². The van der Waals surface area contributed by atoms with Crippen molar-refractivity contribution in [2.45, 2.75) is 13.0 Å². The number of hydrogen-bond donors (Lipinski definition) is 2. The van der Waals surface area contributed by atoms with E-state index < -0.39 is 0 Å². The molecule has 6 heteroatoms. The summed E-state index contributed by atoms with van der Waals surface area (Å²) in [5.41, 5.74) is 2.10. The molecule has 0 unspecified atom stereocenters. The number of fused-ring (bicyclic) bond motifs is 1. The van der Waals surface area contributed by atoms with Crippen LogP contribution >= 0.6 is 11.6 Å². The molecule has 0 spiro atoms. The van der Waals surface area contributed by atoms with Crippen molar-refractivity contribution in [3.63, 3.8) is 0 Å². The molecule has 0 saturated carbocycles. The number of nitrogens with one attached hydrogen (secondary N) is 2. The van der Waals surface area contributed by atoms with Crippen LogP contribution in [0, 0.1) is 0 Å². The lowest BCUT2D eigenvalue weighted by atomic mass is 10.1. The molecule has 5 nitrogen and oxygen atoms in total. The van der Waals surface area contributed by atoms with Crippen molar-refractivity contribution in [1.82, 2.24) is 20.3 Å². The zero-order valence-electron chi connectivity index (χ0n) is 9.53. The number of aromatic nitrogens is 3. The van der Waals surface area contributed by atoms with Gasteiger partial charge in [-0.25, -0.2) is 4.98 Å². The highest BCUT2D eigenvalue weighted by Crippen LogP contribution is 2.15. The van der Waals surface area contributed by atoms with Crippen LogP contribution in [0.15, 0.2) is 23.1 Å². The van der Waals surface area contributed by atoms with Crippen LogP contribution in [0.4, 0.5) is 0 Å². The molecule has 0 bridgehead atoms. The zero-order valence-corrected chi connectivity index (χ0v) is 10.3. The molecule has 92 valence electrons. The molecule has 2 N–H and O–H groups in total. The van der Waals surface area contributed by atoms with Gasteiger partial charge in [0.2, 0.25) is 0 Å². The van der Waals surface area contributed by atoms with Crippen LogP contribution in [0.2, 0.25) is 5.02 Å². The maximum Gasteiger partial charge on any atom is 0.255 e. The third-order valence-electron chi connectivity index (χ3n) is 2.91. The summed E-state index contributed by atoms with van der Waals surface area (Å²) >= 11 is 5.78. The maximum absolute atomic E-state index is 11.9. The van der Waals surface area contributed by atoms with Gasteiger partial charge in [0.1, 0.15) is 5.69 Å². The summed E-state index contributed by atoms with van der Waals surface area (Å²) in [6.07, 6.45) is 2.30. The van der Waals surface area contributed by atoms with Crippen molar-refractivity contribution in [2.75, 3.05) is 6.54 Å². The quantitative estimate of drug-likeness (QED) is 0.808. The van der Waals surface area contributed by atoms with Crippen LogP contribution in [0.5, 0.6) is 0 Å². The van der Waals surface area contributed by atoms with Crippen LogP contribution in [0.1, 0.15) is 11.3 Å². The first-order valence-corrected chi connectivity index (χ1v) is 6.06. The number of H-pyrrole nitrogens is 1. The first-order chi connectivity index (χ1) is 8.74. The Labute approximate surface area is 108 Å². The van der Waals surface area contributed by atoms with Gasteiger partial charge in [-0.3, -0.25) is 9.78 Å². The lowest BCUT2D eigenvalue weighted by Crippen LogP contribution is -2.31. The van der Waals surface area contributed by atoms with Crippen LogP contribution in [-0.4, -0.2) is 21.5 Å². The molecule has 3 rings (SSSR count). The fourth-order valence-electron chi connectivity index (χ4n) is 1.99. The Morgan fingerprint density at radius 3 is 3.00 bits per heavy atom. The highest BCUT2D eigenvalue weighted by atomic mass is 35.5. The summed E-state index contributed by atoms with van der Waals surface area (Å²) < 4.78 is 0. The first-order valence-electron chi connectivity index (χ1n) is 5.69. The summed E-state index contributed by atoms with van der Waals surface area (Å²) in [6, 6.07) is 3.47. The minimum atomic E-state index is -0.0982. The third-order valence-corrected chi connectivity index (χ3v) is 3.14. The van der Waals surface area contributed by atoms with Crippen LogP contribution in [-0.2, 0) is 13.0 Å². The third kappa shape index (κ3) is 2.02. The van der Waals surface area contributed by atoms with Gasteiger partial charge in [-0.05, 0) is 12.1 Å². The number of pyridine rings is 1. The number of hydrogen-bond acceptors (Lipinski definition) is 4. The minimum Gasteiger partial charge on any atom is -0.312 e. The summed E-state index contributed by atoms with van der Waals surface area (Å²) in [7, 11) is 0. The van der Waals surface area contributed by atoms with Gasteiger partial charge in [0.05, 0.1) is 16.3 Å². The fraction of sp³-hybridized carbons (Fsp3) is 0.250. The Morgan fingerprint density at radius 1 is 1.33 bits per heavy atom. The molecule has 0 atom stereocenters. The molecule has 2 aromatic rings. The highest BCUT2D eigenvalue weighted by molar-refractivity contribution is 6.30. The van der Waals surface area contributed by atoms with Crippen molar-refractivity contribution in [3.05, 3.63) is 45.0 Å². The highest BCUT2D eigenvalue weighted by Gasteiger charge is 2.15. The summed E-state index contributed by atoms with van der Waals surface area (Å²) in [6.45, 7) is 1.42. The summed E-state index contributed by atoms with van der Waals surface area (Å²) in [5, 5.41) is 3.71. The molecule has 0 fully saturated rings.